The van der Waals surface area contributed by atoms with Crippen molar-refractivity contribution in [2.45, 2.75) is 49.3 Å². The molecule has 3 heterocycles. The van der Waals surface area contributed by atoms with Gasteiger partial charge in [0.15, 0.2) is 0 Å². The second-order valence-electron chi connectivity index (χ2n) is 10.4. The van der Waals surface area contributed by atoms with Crippen LogP contribution in [0.1, 0.15) is 48.3 Å². The van der Waals surface area contributed by atoms with Crippen molar-refractivity contribution in [1.82, 2.24) is 9.88 Å². The first-order valence-electron chi connectivity index (χ1n) is 12.8. The van der Waals surface area contributed by atoms with Gasteiger partial charge in [-0.1, -0.05) is 66.7 Å². The van der Waals surface area contributed by atoms with E-state index in [1.165, 1.54) is 22.3 Å². The summed E-state index contributed by atoms with van der Waals surface area (Å²) < 4.78 is 6.00. The molecule has 3 aliphatic rings. The van der Waals surface area contributed by atoms with Crippen LogP contribution >= 0.6 is 0 Å². The summed E-state index contributed by atoms with van der Waals surface area (Å²) in [5.41, 5.74) is 5.70. The Balaban J connectivity index is 1.11. The number of piperidine rings is 1. The molecule has 1 N–H and O–H groups in total. The average Bonchev–Trinajstić information content (AvgIpc) is 3.39. The Morgan fingerprint density at radius 1 is 0.889 bits per heavy atom. The fraction of sp³-hybridized carbons (Fsp3) is 0.290. The number of amides is 1. The van der Waals surface area contributed by atoms with E-state index in [-0.39, 0.29) is 24.1 Å². The number of rotatable bonds is 3. The Morgan fingerprint density at radius 3 is 2.19 bits per heavy atom. The quantitative estimate of drug-likeness (QED) is 0.394. The Kier molecular flexibility index (Phi) is 4.90. The highest BCUT2D eigenvalue weighted by Crippen LogP contribution is 2.48. The molecular formula is C31H28N2O3. The number of carbonyl (C=O) groups is 1. The van der Waals surface area contributed by atoms with E-state index in [0.717, 1.165) is 29.3 Å². The molecule has 3 aromatic carbocycles. The van der Waals surface area contributed by atoms with Crippen LogP contribution in [0.25, 0.3) is 22.0 Å². The fourth-order valence-electron chi connectivity index (χ4n) is 6.91. The predicted molar refractivity (Wildman–Crippen MR) is 139 cm³/mol. The van der Waals surface area contributed by atoms with E-state index in [0.29, 0.717) is 19.4 Å². The molecule has 2 saturated heterocycles. The number of aromatic nitrogens is 1. The van der Waals surface area contributed by atoms with Gasteiger partial charge in [-0.15, -0.1) is 0 Å². The summed E-state index contributed by atoms with van der Waals surface area (Å²) in [6, 6.07) is 26.6. The number of aliphatic hydroxyl groups is 1. The molecule has 0 radical (unpaired) electrons. The lowest BCUT2D eigenvalue weighted by atomic mass is 9.79. The second kappa shape index (κ2) is 8.17. The van der Waals surface area contributed by atoms with E-state index in [9.17, 15) is 9.90 Å². The van der Waals surface area contributed by atoms with Crippen molar-refractivity contribution in [3.05, 3.63) is 102 Å². The largest absolute Gasteiger partial charge is 0.448 e. The molecule has 1 amide bonds. The normalized spacial score (nSPS) is 24.5. The zero-order chi connectivity index (χ0) is 24.3. The molecule has 5 heteroatoms. The van der Waals surface area contributed by atoms with Gasteiger partial charge in [0, 0.05) is 42.4 Å². The number of para-hydroxylation sites is 1. The molecule has 2 fully saturated rings. The molecule has 0 spiro atoms. The number of fused-ring (bicyclic) bond motifs is 6. The van der Waals surface area contributed by atoms with Gasteiger partial charge in [-0.2, -0.15) is 0 Å². The Bertz CT molecular complexity index is 1420. The van der Waals surface area contributed by atoms with Crippen LogP contribution in [0.2, 0.25) is 0 Å². The fourth-order valence-corrected chi connectivity index (χ4v) is 6.91. The summed E-state index contributed by atoms with van der Waals surface area (Å²) in [6.45, 7) is 0.321. The van der Waals surface area contributed by atoms with E-state index in [2.05, 4.69) is 41.4 Å². The summed E-state index contributed by atoms with van der Waals surface area (Å²) in [5.74, 6) is 0.0453. The van der Waals surface area contributed by atoms with Crippen LogP contribution in [0, 0.1) is 0 Å². The molecular weight excluding hydrogens is 448 g/mol. The molecule has 180 valence electrons. The first kappa shape index (κ1) is 21.6. The maximum absolute atomic E-state index is 13.4. The number of pyridine rings is 1. The zero-order valence-corrected chi connectivity index (χ0v) is 20.0. The standard InChI is InChI=1S/C31H28N2O3/c34-30(36-19-27-24-9-3-1-7-22(24)23-8-2-4-10-25(23)27)33-20-13-14-21(33)18-31(35,17-20)28-15-16-32-29-12-6-5-11-26(28)29/h1-12,15-16,20-21,27,35H,13-14,17-19H2. The lowest BCUT2D eigenvalue weighted by Gasteiger charge is -2.43. The van der Waals surface area contributed by atoms with Gasteiger partial charge < -0.3 is 14.7 Å². The summed E-state index contributed by atoms with van der Waals surface area (Å²) in [7, 11) is 0. The van der Waals surface area contributed by atoms with Crippen LogP contribution in [0.3, 0.4) is 0 Å². The zero-order valence-electron chi connectivity index (χ0n) is 20.0. The number of nitrogens with zero attached hydrogens (tertiary/aromatic N) is 2. The minimum Gasteiger partial charge on any atom is -0.448 e. The van der Waals surface area contributed by atoms with Gasteiger partial charge in [-0.25, -0.2) is 4.79 Å². The van der Waals surface area contributed by atoms with Gasteiger partial charge in [0.05, 0.1) is 11.1 Å². The van der Waals surface area contributed by atoms with Crippen molar-refractivity contribution in [2.24, 2.45) is 0 Å². The van der Waals surface area contributed by atoms with Crippen LogP contribution in [0.5, 0.6) is 0 Å². The number of benzene rings is 3. The van der Waals surface area contributed by atoms with Gasteiger partial charge in [-0.05, 0) is 52.8 Å². The van der Waals surface area contributed by atoms with Crippen molar-refractivity contribution < 1.29 is 14.6 Å². The van der Waals surface area contributed by atoms with Crippen LogP contribution in [0.4, 0.5) is 4.79 Å². The minimum atomic E-state index is -0.978. The Morgan fingerprint density at radius 2 is 1.50 bits per heavy atom. The molecule has 2 atom stereocenters. The molecule has 36 heavy (non-hydrogen) atoms. The maximum Gasteiger partial charge on any atom is 0.410 e. The van der Waals surface area contributed by atoms with Crippen molar-refractivity contribution in [3.63, 3.8) is 0 Å². The highest BCUT2D eigenvalue weighted by atomic mass is 16.6. The van der Waals surface area contributed by atoms with Gasteiger partial charge in [0.2, 0.25) is 0 Å². The predicted octanol–water partition coefficient (Wildman–Crippen LogP) is 6.00. The smallest absolute Gasteiger partial charge is 0.410 e. The van der Waals surface area contributed by atoms with Crippen molar-refractivity contribution in [3.8, 4) is 11.1 Å². The van der Waals surface area contributed by atoms with Gasteiger partial charge in [-0.3, -0.25) is 4.98 Å². The van der Waals surface area contributed by atoms with Crippen molar-refractivity contribution >= 4 is 17.0 Å². The van der Waals surface area contributed by atoms with Crippen molar-refractivity contribution in [1.29, 1.82) is 0 Å². The number of ether oxygens (including phenoxy) is 1. The topological polar surface area (TPSA) is 62.7 Å². The van der Waals surface area contributed by atoms with E-state index in [1.54, 1.807) is 6.20 Å². The van der Waals surface area contributed by atoms with E-state index < -0.39 is 5.60 Å². The van der Waals surface area contributed by atoms with Crippen LogP contribution in [-0.4, -0.2) is 39.8 Å². The number of carbonyl (C=O) groups excluding carboxylic acids is 1. The third-order valence-electron chi connectivity index (χ3n) is 8.46. The van der Waals surface area contributed by atoms with Gasteiger partial charge in [0.25, 0.3) is 0 Å². The molecule has 7 rings (SSSR count). The first-order chi connectivity index (χ1) is 17.6. The summed E-state index contributed by atoms with van der Waals surface area (Å²) >= 11 is 0. The molecule has 1 aromatic heterocycles. The number of hydrogen-bond acceptors (Lipinski definition) is 4. The Labute approximate surface area is 210 Å². The van der Waals surface area contributed by atoms with E-state index >= 15 is 0 Å². The van der Waals surface area contributed by atoms with Crippen LogP contribution in [-0.2, 0) is 10.3 Å². The van der Waals surface area contributed by atoms with Gasteiger partial charge in [0.1, 0.15) is 6.61 Å². The van der Waals surface area contributed by atoms with Gasteiger partial charge >= 0.3 is 6.09 Å². The Hall–Kier alpha value is -3.70. The summed E-state index contributed by atoms with van der Waals surface area (Å²) in [4.78, 5) is 19.8. The minimum absolute atomic E-state index is 0.0312. The molecule has 5 nitrogen and oxygen atoms in total. The molecule has 2 bridgehead atoms. The molecule has 0 saturated carbocycles. The highest BCUT2D eigenvalue weighted by Gasteiger charge is 2.51. The SMILES string of the molecule is O=C(OCC1c2ccccc2-c2ccccc21)N1C2CCC1CC(O)(c1ccnc3ccccc13)C2. The monoisotopic (exact) mass is 476 g/mol. The van der Waals surface area contributed by atoms with E-state index in [4.69, 9.17) is 4.74 Å². The van der Waals surface area contributed by atoms with E-state index in [1.807, 2.05) is 47.4 Å². The first-order valence-corrected chi connectivity index (χ1v) is 12.8. The van der Waals surface area contributed by atoms with Crippen LogP contribution in [0.15, 0.2) is 85.1 Å². The summed E-state index contributed by atoms with van der Waals surface area (Å²) in [5, 5.41) is 12.8. The number of hydrogen-bond donors (Lipinski definition) is 1. The van der Waals surface area contributed by atoms with Crippen LogP contribution < -0.4 is 0 Å². The molecule has 2 unspecified atom stereocenters. The summed E-state index contributed by atoms with van der Waals surface area (Å²) in [6.07, 6.45) is 4.32. The van der Waals surface area contributed by atoms with Crippen molar-refractivity contribution in [2.75, 3.05) is 6.61 Å². The second-order valence-corrected chi connectivity index (χ2v) is 10.4. The maximum atomic E-state index is 13.4. The molecule has 2 aliphatic heterocycles. The average molecular weight is 477 g/mol. The third kappa shape index (κ3) is 3.26. The lowest BCUT2D eigenvalue weighted by Crippen LogP contribution is -2.52. The molecule has 1 aliphatic carbocycles. The highest BCUT2D eigenvalue weighted by molar-refractivity contribution is 5.83. The third-order valence-corrected chi connectivity index (χ3v) is 8.46. The lowest BCUT2D eigenvalue weighted by molar-refractivity contribution is -0.0521. The molecule has 4 aromatic rings.